The molecular formula is C6H12N4S. The second kappa shape index (κ2) is 4.27. The van der Waals surface area contributed by atoms with Crippen molar-refractivity contribution in [2.24, 2.45) is 5.73 Å². The van der Waals surface area contributed by atoms with Crippen molar-refractivity contribution < 1.29 is 0 Å². The molecule has 0 aromatic carbocycles. The fourth-order valence-corrected chi connectivity index (χ4v) is 1.29. The molecule has 4 nitrogen and oxygen atoms in total. The van der Waals surface area contributed by atoms with Crippen LogP contribution in [0.3, 0.4) is 0 Å². The summed E-state index contributed by atoms with van der Waals surface area (Å²) in [6.07, 6.45) is 0. The summed E-state index contributed by atoms with van der Waals surface area (Å²) in [7, 11) is 0. The summed E-state index contributed by atoms with van der Waals surface area (Å²) in [6.45, 7) is 2.22. The third-order valence-corrected chi connectivity index (χ3v) is 1.92. The molecule has 62 valence electrons. The minimum atomic E-state index is 0.620. The number of nitrogen functional groups attached to an aromatic ring is 1. The standard InChI is InChI=1S/C6H12N4S/c7-1-2-9-3-5-4-11-6(8)10-5/h4,9H,1-3,7H2,(H2,8,10). The number of nitrogens with one attached hydrogen (secondary N) is 1. The smallest absolute Gasteiger partial charge is 0.180 e. The first-order valence-electron chi connectivity index (χ1n) is 3.43. The van der Waals surface area contributed by atoms with Gasteiger partial charge < -0.3 is 16.8 Å². The quantitative estimate of drug-likeness (QED) is 0.548. The van der Waals surface area contributed by atoms with E-state index < -0.39 is 0 Å². The van der Waals surface area contributed by atoms with Crippen molar-refractivity contribution in [2.45, 2.75) is 6.54 Å². The summed E-state index contributed by atoms with van der Waals surface area (Å²) in [5, 5.41) is 5.69. The number of anilines is 1. The number of rotatable bonds is 4. The van der Waals surface area contributed by atoms with E-state index in [-0.39, 0.29) is 0 Å². The van der Waals surface area contributed by atoms with Crippen LogP contribution in [0.2, 0.25) is 0 Å². The van der Waals surface area contributed by atoms with Gasteiger partial charge in [0.15, 0.2) is 5.13 Å². The number of nitrogens with two attached hydrogens (primary N) is 2. The first-order chi connectivity index (χ1) is 5.33. The Kier molecular flexibility index (Phi) is 3.28. The third-order valence-electron chi connectivity index (χ3n) is 1.20. The minimum absolute atomic E-state index is 0.620. The molecule has 0 bridgehead atoms. The average molecular weight is 172 g/mol. The second-order valence-corrected chi connectivity index (χ2v) is 3.03. The fourth-order valence-electron chi connectivity index (χ4n) is 0.722. The predicted octanol–water partition coefficient (Wildman–Crippen LogP) is -0.226. The lowest BCUT2D eigenvalue weighted by Gasteiger charge is -1.97. The Morgan fingerprint density at radius 3 is 3.00 bits per heavy atom. The summed E-state index contributed by atoms with van der Waals surface area (Å²) in [5.41, 5.74) is 11.7. The molecule has 0 saturated heterocycles. The van der Waals surface area contributed by atoms with E-state index in [1.165, 1.54) is 11.3 Å². The van der Waals surface area contributed by atoms with Crippen LogP contribution in [0.1, 0.15) is 5.69 Å². The Morgan fingerprint density at radius 1 is 1.64 bits per heavy atom. The van der Waals surface area contributed by atoms with Gasteiger partial charge in [-0.2, -0.15) is 0 Å². The van der Waals surface area contributed by atoms with E-state index in [2.05, 4.69) is 10.3 Å². The van der Waals surface area contributed by atoms with Crippen molar-refractivity contribution in [1.29, 1.82) is 0 Å². The van der Waals surface area contributed by atoms with Gasteiger partial charge in [0.2, 0.25) is 0 Å². The molecule has 1 aromatic rings. The Balaban J connectivity index is 2.27. The average Bonchev–Trinajstić information content (AvgIpc) is 2.37. The maximum atomic E-state index is 5.44. The zero-order chi connectivity index (χ0) is 8.10. The van der Waals surface area contributed by atoms with E-state index in [1.54, 1.807) is 0 Å². The first-order valence-corrected chi connectivity index (χ1v) is 4.31. The van der Waals surface area contributed by atoms with Crippen molar-refractivity contribution in [2.75, 3.05) is 18.8 Å². The topological polar surface area (TPSA) is 77.0 Å². The van der Waals surface area contributed by atoms with Crippen molar-refractivity contribution in [3.8, 4) is 0 Å². The highest BCUT2D eigenvalue weighted by Gasteiger charge is 1.95. The van der Waals surface area contributed by atoms with Gasteiger partial charge in [0.05, 0.1) is 5.69 Å². The zero-order valence-electron chi connectivity index (χ0n) is 6.21. The molecule has 0 unspecified atom stereocenters. The van der Waals surface area contributed by atoms with Crippen LogP contribution >= 0.6 is 11.3 Å². The highest BCUT2D eigenvalue weighted by atomic mass is 32.1. The maximum absolute atomic E-state index is 5.44. The van der Waals surface area contributed by atoms with Gasteiger partial charge in [-0.05, 0) is 0 Å². The molecule has 0 radical (unpaired) electrons. The molecule has 0 saturated carbocycles. The van der Waals surface area contributed by atoms with Crippen molar-refractivity contribution in [1.82, 2.24) is 10.3 Å². The van der Waals surface area contributed by atoms with Crippen LogP contribution in [-0.2, 0) is 6.54 Å². The van der Waals surface area contributed by atoms with Gasteiger partial charge in [0.1, 0.15) is 0 Å². The number of hydrogen-bond donors (Lipinski definition) is 3. The summed E-state index contributed by atoms with van der Waals surface area (Å²) in [6, 6.07) is 0. The molecule has 0 atom stereocenters. The van der Waals surface area contributed by atoms with Gasteiger partial charge in [-0.15, -0.1) is 11.3 Å². The van der Waals surface area contributed by atoms with Gasteiger partial charge in [-0.25, -0.2) is 4.98 Å². The molecule has 0 aliphatic carbocycles. The molecule has 0 fully saturated rings. The molecular weight excluding hydrogens is 160 g/mol. The number of thiazole rings is 1. The van der Waals surface area contributed by atoms with Gasteiger partial charge in [-0.3, -0.25) is 0 Å². The lowest BCUT2D eigenvalue weighted by atomic mass is 10.5. The Morgan fingerprint density at radius 2 is 2.45 bits per heavy atom. The summed E-state index contributed by atoms with van der Waals surface area (Å²) in [4.78, 5) is 4.08. The van der Waals surface area contributed by atoms with E-state index >= 15 is 0 Å². The van der Waals surface area contributed by atoms with Crippen LogP contribution in [-0.4, -0.2) is 18.1 Å². The molecule has 0 aliphatic rings. The Labute approximate surface area is 69.6 Å². The lowest BCUT2D eigenvalue weighted by molar-refractivity contribution is 0.685. The van der Waals surface area contributed by atoms with E-state index in [0.717, 1.165) is 18.8 Å². The number of hydrogen-bond acceptors (Lipinski definition) is 5. The number of nitrogens with zero attached hydrogens (tertiary/aromatic N) is 1. The zero-order valence-corrected chi connectivity index (χ0v) is 7.03. The van der Waals surface area contributed by atoms with Gasteiger partial charge in [0, 0.05) is 25.0 Å². The van der Waals surface area contributed by atoms with Crippen molar-refractivity contribution >= 4 is 16.5 Å². The fraction of sp³-hybridized carbons (Fsp3) is 0.500. The Bertz CT molecular complexity index is 210. The van der Waals surface area contributed by atoms with E-state index in [9.17, 15) is 0 Å². The predicted molar refractivity (Wildman–Crippen MR) is 47.3 cm³/mol. The van der Waals surface area contributed by atoms with Gasteiger partial charge >= 0.3 is 0 Å². The molecule has 0 spiro atoms. The van der Waals surface area contributed by atoms with Gasteiger partial charge in [-0.1, -0.05) is 0 Å². The molecule has 1 aromatic heterocycles. The monoisotopic (exact) mass is 172 g/mol. The second-order valence-electron chi connectivity index (χ2n) is 2.14. The first kappa shape index (κ1) is 8.45. The van der Waals surface area contributed by atoms with Crippen molar-refractivity contribution in [3.63, 3.8) is 0 Å². The molecule has 5 N–H and O–H groups in total. The maximum Gasteiger partial charge on any atom is 0.180 e. The molecule has 5 heteroatoms. The SMILES string of the molecule is NCCNCc1csc(N)n1. The van der Waals surface area contributed by atoms with E-state index in [1.807, 2.05) is 5.38 Å². The van der Waals surface area contributed by atoms with Crippen molar-refractivity contribution in [3.05, 3.63) is 11.1 Å². The normalized spacial score (nSPS) is 10.3. The van der Waals surface area contributed by atoms with Crippen LogP contribution in [0, 0.1) is 0 Å². The highest BCUT2D eigenvalue weighted by molar-refractivity contribution is 7.13. The van der Waals surface area contributed by atoms with Crippen LogP contribution in [0.5, 0.6) is 0 Å². The van der Waals surface area contributed by atoms with E-state index in [0.29, 0.717) is 11.7 Å². The van der Waals surface area contributed by atoms with Crippen LogP contribution in [0.25, 0.3) is 0 Å². The molecule has 11 heavy (non-hydrogen) atoms. The molecule has 1 heterocycles. The third kappa shape index (κ3) is 2.83. The summed E-state index contributed by atoms with van der Waals surface area (Å²) in [5.74, 6) is 0. The van der Waals surface area contributed by atoms with Gasteiger partial charge in [0.25, 0.3) is 0 Å². The Hall–Kier alpha value is -0.650. The highest BCUT2D eigenvalue weighted by Crippen LogP contribution is 2.09. The molecule has 0 amide bonds. The van der Waals surface area contributed by atoms with Crippen LogP contribution in [0.4, 0.5) is 5.13 Å². The van der Waals surface area contributed by atoms with E-state index in [4.69, 9.17) is 11.5 Å². The largest absolute Gasteiger partial charge is 0.375 e. The lowest BCUT2D eigenvalue weighted by Crippen LogP contribution is -2.21. The summed E-state index contributed by atoms with van der Waals surface area (Å²) < 4.78 is 0. The summed E-state index contributed by atoms with van der Waals surface area (Å²) >= 11 is 1.46. The number of aromatic nitrogens is 1. The minimum Gasteiger partial charge on any atom is -0.375 e. The van der Waals surface area contributed by atoms with Crippen LogP contribution in [0.15, 0.2) is 5.38 Å². The van der Waals surface area contributed by atoms with Crippen LogP contribution < -0.4 is 16.8 Å². The molecule has 1 rings (SSSR count). The molecule has 0 aliphatic heterocycles.